The number of amides is 4. The highest BCUT2D eigenvalue weighted by atomic mass is 16.6. The lowest BCUT2D eigenvalue weighted by molar-refractivity contribution is -0.176. The van der Waals surface area contributed by atoms with Gasteiger partial charge in [0.2, 0.25) is 23.6 Å². The van der Waals surface area contributed by atoms with Crippen LogP contribution in [0.25, 0.3) is 0 Å². The van der Waals surface area contributed by atoms with E-state index in [0.29, 0.717) is 31.6 Å². The molecule has 4 saturated heterocycles. The van der Waals surface area contributed by atoms with E-state index in [1.165, 1.54) is 0 Å². The number of carbonyl (C=O) groups excluding carboxylic acids is 8. The van der Waals surface area contributed by atoms with E-state index in [9.17, 15) is 38.4 Å². The molecule has 0 N–H and O–H groups in total. The lowest BCUT2D eigenvalue weighted by Gasteiger charge is -2.33. The van der Waals surface area contributed by atoms with Gasteiger partial charge in [-0.15, -0.1) is 0 Å². The molecule has 0 saturated carbocycles. The van der Waals surface area contributed by atoms with Crippen LogP contribution in [0.5, 0.6) is 0 Å². The van der Waals surface area contributed by atoms with Crippen molar-refractivity contribution >= 4 is 47.5 Å². The van der Waals surface area contributed by atoms with Crippen molar-refractivity contribution in [1.82, 2.24) is 19.6 Å². The van der Waals surface area contributed by atoms with Gasteiger partial charge < -0.3 is 38.5 Å². The van der Waals surface area contributed by atoms with Crippen LogP contribution in [-0.2, 0) is 57.3 Å². The van der Waals surface area contributed by atoms with Gasteiger partial charge in [-0.05, 0) is 29.1 Å². The molecular formula is C46H76N4O12. The van der Waals surface area contributed by atoms with Crippen molar-refractivity contribution in [3.05, 3.63) is 0 Å². The number of carbonyl (C=O) groups is 8. The van der Waals surface area contributed by atoms with Crippen LogP contribution in [-0.4, -0.2) is 146 Å². The molecule has 4 aliphatic heterocycles. The normalized spacial score (nSPS) is 22.8. The Morgan fingerprint density at radius 1 is 0.435 bits per heavy atom. The zero-order valence-corrected chi connectivity index (χ0v) is 39.6. The lowest BCUT2D eigenvalue weighted by atomic mass is 9.91. The van der Waals surface area contributed by atoms with E-state index in [0.717, 1.165) is 0 Å². The van der Waals surface area contributed by atoms with Crippen molar-refractivity contribution in [2.75, 3.05) is 78.8 Å². The summed E-state index contributed by atoms with van der Waals surface area (Å²) in [6.45, 7) is 24.9. The van der Waals surface area contributed by atoms with E-state index in [1.54, 1.807) is 19.6 Å². The topological polar surface area (TPSA) is 186 Å². The smallest absolute Gasteiger partial charge is 0.311 e. The number of hydrogen-bond donors (Lipinski definition) is 0. The molecule has 4 amide bonds. The molecule has 0 aromatic heterocycles. The summed E-state index contributed by atoms with van der Waals surface area (Å²) in [6, 6.07) is 0. The quantitative estimate of drug-likeness (QED) is 0.126. The van der Waals surface area contributed by atoms with Crippen LogP contribution in [0.1, 0.15) is 109 Å². The van der Waals surface area contributed by atoms with Gasteiger partial charge in [-0.2, -0.15) is 0 Å². The minimum atomic E-state index is -1.63. The van der Waals surface area contributed by atoms with Crippen molar-refractivity contribution in [3.8, 4) is 0 Å². The summed E-state index contributed by atoms with van der Waals surface area (Å²) in [4.78, 5) is 111. The number of likely N-dealkylation sites (tertiary alicyclic amines) is 4. The Morgan fingerprint density at radius 2 is 0.613 bits per heavy atom. The molecule has 4 unspecified atom stereocenters. The Hall–Kier alpha value is -4.24. The van der Waals surface area contributed by atoms with Crippen molar-refractivity contribution in [3.63, 3.8) is 0 Å². The van der Waals surface area contributed by atoms with Crippen molar-refractivity contribution in [1.29, 1.82) is 0 Å². The third-order valence-corrected chi connectivity index (χ3v) is 10.6. The summed E-state index contributed by atoms with van der Waals surface area (Å²) in [5.74, 6) is -5.83. The first-order valence-electron chi connectivity index (χ1n) is 22.5. The maximum absolute atomic E-state index is 13.5. The Morgan fingerprint density at radius 3 is 0.774 bits per heavy atom. The fraction of sp³-hybridized carbons (Fsp3) is 0.826. The SMILES string of the molecule is CC(C)(C)C.CC(C)CN1CC(C(=O)OCC(COC(=O)C2CC(=O)N(CC(C)C)C2)(COC(=O)C2CC(=O)N(CC(C)C)C2)COC(=O)C2CC(=O)N(CC(C)C)C2)CC1=O. The summed E-state index contributed by atoms with van der Waals surface area (Å²) in [5.41, 5.74) is -1.13. The van der Waals surface area contributed by atoms with Gasteiger partial charge in [-0.3, -0.25) is 38.4 Å². The number of rotatable bonds is 20. The molecule has 352 valence electrons. The summed E-state index contributed by atoms with van der Waals surface area (Å²) >= 11 is 0. The average Bonchev–Trinajstić information content (AvgIpc) is 3.91. The molecule has 0 aromatic rings. The maximum atomic E-state index is 13.5. The minimum absolute atomic E-state index is 0.0503. The number of hydrogen-bond acceptors (Lipinski definition) is 12. The van der Waals surface area contributed by atoms with Gasteiger partial charge in [0.15, 0.2) is 0 Å². The van der Waals surface area contributed by atoms with Gasteiger partial charge in [0.25, 0.3) is 0 Å². The van der Waals surface area contributed by atoms with Gasteiger partial charge in [-0.1, -0.05) is 83.1 Å². The van der Waals surface area contributed by atoms with Crippen molar-refractivity contribution in [2.45, 2.75) is 109 Å². The molecule has 0 radical (unpaired) electrons. The highest BCUT2D eigenvalue weighted by Crippen LogP contribution is 2.30. The second-order valence-electron chi connectivity index (χ2n) is 21.3. The monoisotopic (exact) mass is 877 g/mol. The van der Waals surface area contributed by atoms with E-state index in [-0.39, 0.29) is 99.2 Å². The fourth-order valence-corrected chi connectivity index (χ4v) is 7.81. The first-order valence-corrected chi connectivity index (χ1v) is 22.5. The second kappa shape index (κ2) is 22.9. The summed E-state index contributed by atoms with van der Waals surface area (Å²) in [6.07, 6.45) is -0.201. The zero-order valence-electron chi connectivity index (χ0n) is 39.6. The van der Waals surface area contributed by atoms with E-state index < -0.39 is 79.4 Å². The summed E-state index contributed by atoms with van der Waals surface area (Å²) in [7, 11) is 0. The molecule has 62 heavy (non-hydrogen) atoms. The number of ether oxygens (including phenoxy) is 4. The number of nitrogens with zero attached hydrogens (tertiary/aromatic N) is 4. The molecule has 4 aliphatic rings. The van der Waals surface area contributed by atoms with E-state index in [4.69, 9.17) is 18.9 Å². The van der Waals surface area contributed by atoms with Gasteiger partial charge in [0.1, 0.15) is 31.8 Å². The van der Waals surface area contributed by atoms with Gasteiger partial charge in [-0.25, -0.2) is 0 Å². The standard InChI is InChI=1S/C41H64N4O12.C5H12/c1-25(2)13-42-17-29(9-33(42)46)37(50)54-21-41(22-55-38(51)30-10-34(47)43(18-30)14-26(3)4,23-56-39(52)31-11-35(48)44(19-31)15-27(5)6)24-57-40(53)32-12-36(49)45(20-32)16-28(7)8;1-5(2,3)4/h25-32H,9-24H2,1-8H3;1-4H3. The Bertz CT molecular complexity index is 1380. The second-order valence-corrected chi connectivity index (χ2v) is 21.3. The van der Waals surface area contributed by atoms with Gasteiger partial charge in [0.05, 0.1) is 23.7 Å². The Kier molecular flexibility index (Phi) is 19.3. The van der Waals surface area contributed by atoms with E-state index in [2.05, 4.69) is 27.7 Å². The first-order chi connectivity index (χ1) is 28.7. The zero-order chi connectivity index (χ0) is 46.7. The molecule has 4 atom stereocenters. The predicted molar refractivity (Wildman–Crippen MR) is 229 cm³/mol. The van der Waals surface area contributed by atoms with Gasteiger partial charge >= 0.3 is 23.9 Å². The molecule has 4 fully saturated rings. The minimum Gasteiger partial charge on any atom is -0.464 e. The van der Waals surface area contributed by atoms with Crippen LogP contribution in [0.15, 0.2) is 0 Å². The van der Waals surface area contributed by atoms with Crippen LogP contribution in [0.2, 0.25) is 0 Å². The van der Waals surface area contributed by atoms with Crippen LogP contribution in [0.3, 0.4) is 0 Å². The maximum Gasteiger partial charge on any atom is 0.311 e. The first kappa shape index (κ1) is 52.1. The van der Waals surface area contributed by atoms with E-state index in [1.807, 2.05) is 55.4 Å². The van der Waals surface area contributed by atoms with Crippen molar-refractivity contribution < 1.29 is 57.3 Å². The molecule has 0 aliphatic carbocycles. The molecule has 0 bridgehead atoms. The molecule has 16 heteroatoms. The molecule has 0 aromatic carbocycles. The average molecular weight is 877 g/mol. The largest absolute Gasteiger partial charge is 0.464 e. The number of esters is 4. The van der Waals surface area contributed by atoms with E-state index >= 15 is 0 Å². The van der Waals surface area contributed by atoms with Crippen LogP contribution < -0.4 is 0 Å². The molecule has 0 spiro atoms. The van der Waals surface area contributed by atoms with Crippen LogP contribution in [0.4, 0.5) is 0 Å². The predicted octanol–water partition coefficient (Wildman–Crippen LogP) is 4.22. The molecule has 16 nitrogen and oxygen atoms in total. The molecule has 4 heterocycles. The highest BCUT2D eigenvalue weighted by Gasteiger charge is 2.45. The molecule has 4 rings (SSSR count). The Balaban J connectivity index is 0.00000193. The van der Waals surface area contributed by atoms with Crippen LogP contribution in [0, 0.1) is 58.2 Å². The third kappa shape index (κ3) is 16.8. The van der Waals surface area contributed by atoms with Crippen LogP contribution >= 0.6 is 0 Å². The summed E-state index contributed by atoms with van der Waals surface area (Å²) in [5, 5.41) is 0. The summed E-state index contributed by atoms with van der Waals surface area (Å²) < 4.78 is 23.3. The lowest BCUT2D eigenvalue weighted by Crippen LogP contribution is -2.46. The Labute approximate surface area is 369 Å². The van der Waals surface area contributed by atoms with Crippen molar-refractivity contribution in [2.24, 2.45) is 58.2 Å². The fourth-order valence-electron chi connectivity index (χ4n) is 7.81. The molecular weight excluding hydrogens is 801 g/mol. The van der Waals surface area contributed by atoms with Gasteiger partial charge in [0, 0.05) is 78.0 Å². The third-order valence-electron chi connectivity index (χ3n) is 10.6. The highest BCUT2D eigenvalue weighted by molar-refractivity contribution is 5.89.